The Bertz CT molecular complexity index is 660. The molecule has 7 heteroatoms. The molecule has 0 aromatic carbocycles. The minimum absolute atomic E-state index is 0.162. The fraction of sp³-hybridized carbons (Fsp3) is 0.357. The van der Waals surface area contributed by atoms with Gasteiger partial charge in [0.2, 0.25) is 0 Å². The summed E-state index contributed by atoms with van der Waals surface area (Å²) in [6.45, 7) is 3.55. The number of carbonyl (C=O) groups is 2. The maximum absolute atomic E-state index is 12.0. The third-order valence-corrected chi connectivity index (χ3v) is 3.90. The number of aryl methyl sites for hydroxylation is 1. The molecule has 0 aliphatic heterocycles. The van der Waals surface area contributed by atoms with Gasteiger partial charge in [0.25, 0.3) is 5.91 Å². The minimum atomic E-state index is -0.836. The van der Waals surface area contributed by atoms with Gasteiger partial charge >= 0.3 is 5.97 Å². The number of aromatic nitrogens is 2. The highest BCUT2D eigenvalue weighted by Gasteiger charge is 2.22. The van der Waals surface area contributed by atoms with Crippen LogP contribution in [0.2, 0.25) is 0 Å². The average molecular weight is 307 g/mol. The number of thiophene rings is 1. The second-order valence-corrected chi connectivity index (χ2v) is 6.15. The molecule has 0 unspecified atom stereocenters. The van der Waals surface area contributed by atoms with E-state index in [0.29, 0.717) is 0 Å². The van der Waals surface area contributed by atoms with E-state index < -0.39 is 12.1 Å². The van der Waals surface area contributed by atoms with Gasteiger partial charge < -0.3 is 9.64 Å². The number of ether oxygens (including phenoxy) is 1. The summed E-state index contributed by atoms with van der Waals surface area (Å²) < 4.78 is 5.10. The summed E-state index contributed by atoms with van der Waals surface area (Å²) in [5, 5.41) is 6.75. The normalized spacial score (nSPS) is 12.0. The Kier molecular flexibility index (Phi) is 4.42. The van der Waals surface area contributed by atoms with Gasteiger partial charge in [-0.25, -0.2) is 4.79 Å². The van der Waals surface area contributed by atoms with Crippen LogP contribution in [0.4, 0.5) is 0 Å². The fourth-order valence-electron chi connectivity index (χ4n) is 1.77. The van der Waals surface area contributed by atoms with E-state index in [1.54, 1.807) is 31.5 Å². The number of likely N-dealkylation sites (N-methyl/N-ethyl adjacent to an activating group) is 1. The molecule has 0 radical (unpaired) electrons. The maximum atomic E-state index is 12.0. The van der Waals surface area contributed by atoms with Crippen LogP contribution in [0.25, 0.3) is 10.6 Å². The lowest BCUT2D eigenvalue weighted by Gasteiger charge is -2.16. The highest BCUT2D eigenvalue weighted by Crippen LogP contribution is 2.26. The van der Waals surface area contributed by atoms with Crippen LogP contribution < -0.4 is 0 Å². The monoisotopic (exact) mass is 307 g/mol. The third kappa shape index (κ3) is 3.49. The van der Waals surface area contributed by atoms with Gasteiger partial charge in [0.1, 0.15) is 0 Å². The van der Waals surface area contributed by atoms with Gasteiger partial charge in [-0.1, -0.05) is 0 Å². The molecular weight excluding hydrogens is 290 g/mol. The number of esters is 1. The number of rotatable bonds is 4. The predicted molar refractivity (Wildman–Crippen MR) is 80.2 cm³/mol. The summed E-state index contributed by atoms with van der Waals surface area (Å²) in [5.41, 5.74) is 0.918. The van der Waals surface area contributed by atoms with Crippen molar-refractivity contribution in [2.75, 3.05) is 14.1 Å². The van der Waals surface area contributed by atoms with Crippen molar-refractivity contribution >= 4 is 23.2 Å². The van der Waals surface area contributed by atoms with Crippen LogP contribution in [-0.4, -0.2) is 47.2 Å². The Labute approximate surface area is 126 Å². The maximum Gasteiger partial charge on any atom is 0.359 e. The predicted octanol–water partition coefficient (Wildman–Crippen LogP) is 2.08. The van der Waals surface area contributed by atoms with Crippen LogP contribution in [0.1, 0.15) is 22.3 Å². The zero-order valence-corrected chi connectivity index (χ0v) is 13.2. The van der Waals surface area contributed by atoms with Crippen LogP contribution in [0.3, 0.4) is 0 Å². The third-order valence-electron chi connectivity index (χ3n) is 2.87. The van der Waals surface area contributed by atoms with Crippen molar-refractivity contribution in [2.24, 2.45) is 0 Å². The zero-order chi connectivity index (χ0) is 15.6. The van der Waals surface area contributed by atoms with Crippen LogP contribution >= 0.6 is 11.3 Å². The average Bonchev–Trinajstić information content (AvgIpc) is 3.05. The molecule has 2 aromatic rings. The van der Waals surface area contributed by atoms with Crippen molar-refractivity contribution in [1.29, 1.82) is 0 Å². The van der Waals surface area contributed by atoms with Crippen molar-refractivity contribution in [1.82, 2.24) is 15.1 Å². The Morgan fingerprint density at radius 3 is 2.67 bits per heavy atom. The number of aromatic amines is 1. The lowest BCUT2D eigenvalue weighted by Crippen LogP contribution is -2.34. The first-order chi connectivity index (χ1) is 9.88. The van der Waals surface area contributed by atoms with E-state index in [1.807, 2.05) is 19.1 Å². The highest BCUT2D eigenvalue weighted by molar-refractivity contribution is 7.15. The van der Waals surface area contributed by atoms with Gasteiger partial charge in [-0.15, -0.1) is 11.3 Å². The van der Waals surface area contributed by atoms with Gasteiger partial charge in [0.05, 0.1) is 10.6 Å². The first kappa shape index (κ1) is 15.2. The largest absolute Gasteiger partial charge is 0.448 e. The van der Waals surface area contributed by atoms with Gasteiger partial charge in [-0.3, -0.25) is 9.89 Å². The fourth-order valence-corrected chi connectivity index (χ4v) is 2.60. The van der Waals surface area contributed by atoms with E-state index in [-0.39, 0.29) is 11.6 Å². The molecule has 2 aromatic heterocycles. The molecule has 6 nitrogen and oxygen atoms in total. The highest BCUT2D eigenvalue weighted by atomic mass is 32.1. The molecule has 0 bridgehead atoms. The molecule has 2 heterocycles. The SMILES string of the molecule is Cc1ccc(-c2cc(C(=O)O[C@H](C)C(=O)N(C)C)n[nH]2)s1. The molecule has 21 heavy (non-hydrogen) atoms. The minimum Gasteiger partial charge on any atom is -0.448 e. The number of H-pyrrole nitrogens is 1. The molecule has 1 amide bonds. The molecule has 0 saturated heterocycles. The van der Waals surface area contributed by atoms with Crippen molar-refractivity contribution in [3.05, 3.63) is 28.8 Å². The van der Waals surface area contributed by atoms with Gasteiger partial charge in [0.15, 0.2) is 11.8 Å². The van der Waals surface area contributed by atoms with Crippen molar-refractivity contribution in [3.63, 3.8) is 0 Å². The summed E-state index contributed by atoms with van der Waals surface area (Å²) in [6.07, 6.45) is -0.836. The Morgan fingerprint density at radius 1 is 1.38 bits per heavy atom. The van der Waals surface area contributed by atoms with Crippen molar-refractivity contribution < 1.29 is 14.3 Å². The molecule has 0 aliphatic carbocycles. The lowest BCUT2D eigenvalue weighted by atomic mass is 10.3. The number of carbonyl (C=O) groups excluding carboxylic acids is 2. The molecule has 1 N–H and O–H groups in total. The topological polar surface area (TPSA) is 75.3 Å². The second kappa shape index (κ2) is 6.09. The van der Waals surface area contributed by atoms with E-state index in [4.69, 9.17) is 4.74 Å². The lowest BCUT2D eigenvalue weighted by molar-refractivity contribution is -0.137. The Balaban J connectivity index is 2.07. The molecule has 0 aliphatic rings. The molecule has 1 atom stereocenters. The molecule has 112 valence electrons. The van der Waals surface area contributed by atoms with E-state index in [1.165, 1.54) is 16.7 Å². The van der Waals surface area contributed by atoms with Gasteiger partial charge in [-0.2, -0.15) is 5.10 Å². The molecular formula is C14H17N3O3S. The van der Waals surface area contributed by atoms with E-state index >= 15 is 0 Å². The van der Waals surface area contributed by atoms with E-state index in [9.17, 15) is 9.59 Å². The second-order valence-electron chi connectivity index (χ2n) is 4.86. The molecule has 0 saturated carbocycles. The molecule has 0 fully saturated rings. The van der Waals surface area contributed by atoms with Crippen LogP contribution in [0.15, 0.2) is 18.2 Å². The smallest absolute Gasteiger partial charge is 0.359 e. The summed E-state index contributed by atoms with van der Waals surface area (Å²) >= 11 is 1.60. The van der Waals surface area contributed by atoms with E-state index in [2.05, 4.69) is 10.2 Å². The van der Waals surface area contributed by atoms with Gasteiger partial charge in [0, 0.05) is 19.0 Å². The number of hydrogen-bond acceptors (Lipinski definition) is 5. The summed E-state index contributed by atoms with van der Waals surface area (Å²) in [5.74, 6) is -0.888. The number of hydrogen-bond donors (Lipinski definition) is 1. The van der Waals surface area contributed by atoms with Crippen molar-refractivity contribution in [3.8, 4) is 10.6 Å². The number of amides is 1. The quantitative estimate of drug-likeness (QED) is 0.878. The van der Waals surface area contributed by atoms with Gasteiger partial charge in [-0.05, 0) is 32.0 Å². The van der Waals surface area contributed by atoms with E-state index in [0.717, 1.165) is 10.6 Å². The summed E-state index contributed by atoms with van der Waals surface area (Å²) in [7, 11) is 3.22. The Hall–Kier alpha value is -2.15. The Morgan fingerprint density at radius 2 is 2.10 bits per heavy atom. The standard InChI is InChI=1S/C14H17N3O3S/c1-8-5-6-12(21-8)10-7-11(16-15-10)14(19)20-9(2)13(18)17(3)4/h5-7,9H,1-4H3,(H,15,16)/t9-/m1/s1. The van der Waals surface area contributed by atoms with Crippen LogP contribution in [0.5, 0.6) is 0 Å². The number of nitrogens with zero attached hydrogens (tertiary/aromatic N) is 2. The zero-order valence-electron chi connectivity index (χ0n) is 12.3. The summed E-state index contributed by atoms with van der Waals surface area (Å²) in [4.78, 5) is 27.2. The number of nitrogens with one attached hydrogen (secondary N) is 1. The van der Waals surface area contributed by atoms with Crippen molar-refractivity contribution in [2.45, 2.75) is 20.0 Å². The first-order valence-corrected chi connectivity index (χ1v) is 7.24. The molecule has 2 rings (SSSR count). The molecule has 0 spiro atoms. The summed E-state index contributed by atoms with van der Waals surface area (Å²) in [6, 6.07) is 5.58. The van der Waals surface area contributed by atoms with Crippen LogP contribution in [0, 0.1) is 6.92 Å². The van der Waals surface area contributed by atoms with Crippen LogP contribution in [-0.2, 0) is 9.53 Å². The first-order valence-electron chi connectivity index (χ1n) is 6.43.